The number of anilines is 3. The first kappa shape index (κ1) is 25.0. The third-order valence-corrected chi connectivity index (χ3v) is 6.10. The van der Waals surface area contributed by atoms with Crippen LogP contribution in [0, 0.1) is 41.0 Å². The van der Waals surface area contributed by atoms with Crippen LogP contribution in [0.3, 0.4) is 0 Å². The molecule has 0 aliphatic carbocycles. The summed E-state index contributed by atoms with van der Waals surface area (Å²) in [5, 5.41) is 37.5. The van der Waals surface area contributed by atoms with Crippen LogP contribution in [-0.2, 0) is 0 Å². The maximum absolute atomic E-state index is 14.5. The Morgan fingerprint density at radius 2 is 1.86 bits per heavy atom. The SMILES string of the molecule is CC[NH+]([O-])Nc1ccc(Nc2ccc(F)cc2F)c(-c2cc(C(C)[C@@H](C)C#N)c3nnc(C)n3n2)c1. The Hall–Kier alpha value is -4.14. The van der Waals surface area contributed by atoms with Gasteiger partial charge in [0.05, 0.1) is 35.6 Å². The monoisotopic (exact) mass is 492 g/mol. The molecular formula is C25H26F2N8O. The number of rotatable bonds is 8. The molecule has 11 heteroatoms. The summed E-state index contributed by atoms with van der Waals surface area (Å²) in [5.41, 5.74) is 6.29. The highest BCUT2D eigenvalue weighted by molar-refractivity contribution is 5.82. The molecule has 4 rings (SSSR count). The van der Waals surface area contributed by atoms with E-state index < -0.39 is 11.6 Å². The fraction of sp³-hybridized carbons (Fsp3) is 0.280. The third-order valence-electron chi connectivity index (χ3n) is 6.10. The summed E-state index contributed by atoms with van der Waals surface area (Å²) in [6.45, 7) is 7.58. The van der Waals surface area contributed by atoms with Crippen LogP contribution >= 0.6 is 0 Å². The van der Waals surface area contributed by atoms with Crippen molar-refractivity contribution < 1.29 is 14.0 Å². The van der Waals surface area contributed by atoms with Gasteiger partial charge >= 0.3 is 0 Å². The van der Waals surface area contributed by atoms with E-state index in [2.05, 4.69) is 27.0 Å². The predicted octanol–water partition coefficient (Wildman–Crippen LogP) is 4.11. The van der Waals surface area contributed by atoms with Crippen LogP contribution in [0.5, 0.6) is 0 Å². The number of nitriles is 1. The number of benzene rings is 2. The maximum Gasteiger partial charge on any atom is 0.181 e. The second-order valence-electron chi connectivity index (χ2n) is 8.59. The Bertz CT molecular complexity index is 1450. The molecule has 9 nitrogen and oxygen atoms in total. The van der Waals surface area contributed by atoms with Gasteiger partial charge < -0.3 is 10.5 Å². The second-order valence-corrected chi connectivity index (χ2v) is 8.59. The molecule has 0 saturated carbocycles. The molecule has 0 spiro atoms. The summed E-state index contributed by atoms with van der Waals surface area (Å²) in [6.07, 6.45) is 0. The highest BCUT2D eigenvalue weighted by Gasteiger charge is 2.22. The molecule has 0 bridgehead atoms. The Labute approximate surface area is 206 Å². The summed E-state index contributed by atoms with van der Waals surface area (Å²) in [4.78, 5) is 0. The number of hydroxylamine groups is 1. The molecule has 4 aromatic rings. The van der Waals surface area contributed by atoms with Crippen LogP contribution in [0.1, 0.15) is 38.1 Å². The van der Waals surface area contributed by atoms with E-state index in [1.807, 2.05) is 19.9 Å². The van der Waals surface area contributed by atoms with Crippen molar-refractivity contribution >= 4 is 22.7 Å². The Kier molecular flexibility index (Phi) is 7.10. The first-order valence-electron chi connectivity index (χ1n) is 11.5. The molecule has 36 heavy (non-hydrogen) atoms. The zero-order valence-electron chi connectivity index (χ0n) is 20.3. The molecule has 0 aliphatic rings. The number of halogens is 2. The molecule has 2 aromatic heterocycles. The normalized spacial score (nSPS) is 13.7. The molecule has 0 fully saturated rings. The minimum Gasteiger partial charge on any atom is -0.608 e. The molecule has 0 amide bonds. The fourth-order valence-electron chi connectivity index (χ4n) is 3.78. The van der Waals surface area contributed by atoms with Crippen molar-refractivity contribution in [3.8, 4) is 17.3 Å². The van der Waals surface area contributed by atoms with E-state index in [4.69, 9.17) is 5.10 Å². The largest absolute Gasteiger partial charge is 0.608 e. The summed E-state index contributed by atoms with van der Waals surface area (Å²) in [6, 6.07) is 12.5. The molecule has 0 aliphatic heterocycles. The van der Waals surface area contributed by atoms with Gasteiger partial charge in [0, 0.05) is 28.8 Å². The number of nitrogens with one attached hydrogen (secondary N) is 3. The number of quaternary nitrogens is 1. The van der Waals surface area contributed by atoms with Gasteiger partial charge in [0.2, 0.25) is 0 Å². The maximum atomic E-state index is 14.5. The molecule has 186 valence electrons. The number of hydrogen-bond acceptors (Lipinski definition) is 7. The minimum atomic E-state index is -0.750. The van der Waals surface area contributed by atoms with Gasteiger partial charge in [-0.2, -0.15) is 14.9 Å². The molecular weight excluding hydrogens is 466 g/mol. The number of fused-ring (bicyclic) bond motifs is 1. The molecule has 2 unspecified atom stereocenters. The smallest absolute Gasteiger partial charge is 0.181 e. The van der Waals surface area contributed by atoms with Gasteiger partial charge in [-0.1, -0.05) is 6.92 Å². The zero-order valence-corrected chi connectivity index (χ0v) is 20.3. The summed E-state index contributed by atoms with van der Waals surface area (Å²) < 4.78 is 29.5. The number of nitrogens with zero attached hydrogens (tertiary/aromatic N) is 5. The first-order chi connectivity index (χ1) is 17.2. The predicted molar refractivity (Wildman–Crippen MR) is 132 cm³/mol. The quantitative estimate of drug-likeness (QED) is 0.317. The Balaban J connectivity index is 1.91. The standard InChI is InChI=1S/C25H26F2N8O/c1-5-34(36)32-18-7-9-22(29-23-8-6-17(26)10-21(23)27)20(11-18)24-12-19(15(3)14(2)13-28)25-31-30-16(4)35(25)33-24/h6-12,14-15,29,32,34H,5H2,1-4H3/t14-,15?/m0/s1. The topological polar surface area (TPSA) is 118 Å². The van der Waals surface area contributed by atoms with Crippen LogP contribution in [0.2, 0.25) is 0 Å². The van der Waals surface area contributed by atoms with Gasteiger partial charge in [0.25, 0.3) is 0 Å². The van der Waals surface area contributed by atoms with Gasteiger partial charge in [-0.3, -0.25) is 5.17 Å². The van der Waals surface area contributed by atoms with E-state index in [0.29, 0.717) is 40.6 Å². The molecule has 3 N–H and O–H groups in total. The van der Waals surface area contributed by atoms with Gasteiger partial charge in [-0.05, 0) is 57.2 Å². The van der Waals surface area contributed by atoms with Crippen molar-refractivity contribution in [2.45, 2.75) is 33.6 Å². The minimum absolute atomic E-state index is 0.0799. The fourth-order valence-corrected chi connectivity index (χ4v) is 3.78. The van der Waals surface area contributed by atoms with E-state index in [9.17, 15) is 19.2 Å². The summed E-state index contributed by atoms with van der Waals surface area (Å²) in [7, 11) is 0. The molecule has 0 saturated heterocycles. The average molecular weight is 493 g/mol. The van der Waals surface area contributed by atoms with Crippen molar-refractivity contribution in [1.82, 2.24) is 19.8 Å². The first-order valence-corrected chi connectivity index (χ1v) is 11.5. The average Bonchev–Trinajstić information content (AvgIpc) is 3.25. The van der Waals surface area contributed by atoms with E-state index in [1.54, 1.807) is 36.6 Å². The van der Waals surface area contributed by atoms with E-state index >= 15 is 0 Å². The third kappa shape index (κ3) is 4.95. The van der Waals surface area contributed by atoms with E-state index in [0.717, 1.165) is 17.7 Å². The molecule has 2 heterocycles. The van der Waals surface area contributed by atoms with Crippen molar-refractivity contribution in [2.24, 2.45) is 5.92 Å². The summed E-state index contributed by atoms with van der Waals surface area (Å²) in [5.74, 6) is -1.37. The van der Waals surface area contributed by atoms with Gasteiger partial charge in [0.1, 0.15) is 11.6 Å². The summed E-state index contributed by atoms with van der Waals surface area (Å²) >= 11 is 0. The Morgan fingerprint density at radius 1 is 1.11 bits per heavy atom. The van der Waals surface area contributed by atoms with Crippen LogP contribution in [0.4, 0.5) is 25.8 Å². The van der Waals surface area contributed by atoms with E-state index in [-0.39, 0.29) is 22.7 Å². The highest BCUT2D eigenvalue weighted by atomic mass is 19.1. The van der Waals surface area contributed by atoms with Crippen molar-refractivity contribution in [2.75, 3.05) is 17.3 Å². The van der Waals surface area contributed by atoms with E-state index in [1.165, 1.54) is 6.07 Å². The van der Waals surface area contributed by atoms with Crippen molar-refractivity contribution in [3.63, 3.8) is 0 Å². The zero-order chi connectivity index (χ0) is 26.0. The molecule has 3 atom stereocenters. The van der Waals surface area contributed by atoms with Gasteiger partial charge in [-0.25, -0.2) is 14.2 Å². The van der Waals surface area contributed by atoms with Crippen LogP contribution < -0.4 is 15.9 Å². The van der Waals surface area contributed by atoms with Crippen LogP contribution in [0.15, 0.2) is 42.5 Å². The lowest BCUT2D eigenvalue weighted by Gasteiger charge is -2.22. The number of aryl methyl sites for hydroxylation is 1. The molecule has 2 aromatic carbocycles. The lowest BCUT2D eigenvalue weighted by molar-refractivity contribution is -0.821. The van der Waals surface area contributed by atoms with Gasteiger partial charge in [0.15, 0.2) is 11.5 Å². The number of hydrogen-bond donors (Lipinski definition) is 3. The highest BCUT2D eigenvalue weighted by Crippen LogP contribution is 2.36. The lowest BCUT2D eigenvalue weighted by atomic mass is 9.90. The van der Waals surface area contributed by atoms with Crippen LogP contribution in [0.25, 0.3) is 16.9 Å². The van der Waals surface area contributed by atoms with Crippen LogP contribution in [-0.4, -0.2) is 26.4 Å². The lowest BCUT2D eigenvalue weighted by Crippen LogP contribution is -3.10. The Morgan fingerprint density at radius 3 is 2.56 bits per heavy atom. The van der Waals surface area contributed by atoms with Crippen molar-refractivity contribution in [3.05, 3.63) is 70.7 Å². The van der Waals surface area contributed by atoms with Crippen molar-refractivity contribution in [1.29, 1.82) is 5.26 Å². The second kappa shape index (κ2) is 10.2. The van der Waals surface area contributed by atoms with Gasteiger partial charge in [-0.15, -0.1) is 10.2 Å². The number of aromatic nitrogens is 4. The molecule has 0 radical (unpaired) electrons.